The second kappa shape index (κ2) is 4.26. The Morgan fingerprint density at radius 1 is 1.31 bits per heavy atom. The Hall–Kier alpha value is -1.05. The molecule has 0 spiro atoms. The zero-order chi connectivity index (χ0) is 9.84. The van der Waals surface area contributed by atoms with Crippen molar-refractivity contribution in [3.63, 3.8) is 0 Å². The number of ether oxygens (including phenoxy) is 1. The van der Waals surface area contributed by atoms with Crippen LogP contribution in [0.3, 0.4) is 0 Å². The van der Waals surface area contributed by atoms with Crippen LogP contribution in [0.25, 0.3) is 0 Å². The highest BCUT2D eigenvalue weighted by molar-refractivity contribution is 5.93. The van der Waals surface area contributed by atoms with E-state index in [0.29, 0.717) is 0 Å². The van der Waals surface area contributed by atoms with E-state index in [-0.39, 0.29) is 5.97 Å². The Labute approximate surface area is 79.3 Å². The predicted molar refractivity (Wildman–Crippen MR) is 52.1 cm³/mol. The van der Waals surface area contributed by atoms with Gasteiger partial charge in [-0.05, 0) is 32.8 Å². The summed E-state index contributed by atoms with van der Waals surface area (Å²) in [5, 5.41) is 0. The van der Waals surface area contributed by atoms with Crippen LogP contribution in [0.4, 0.5) is 0 Å². The second-order valence-corrected chi connectivity index (χ2v) is 3.35. The van der Waals surface area contributed by atoms with E-state index in [1.165, 1.54) is 6.42 Å². The summed E-state index contributed by atoms with van der Waals surface area (Å²) in [5.74, 6) is 0.566. The first-order chi connectivity index (χ1) is 6.16. The third kappa shape index (κ3) is 2.20. The number of hydrogen-bond acceptors (Lipinski definition) is 2. The molecule has 13 heavy (non-hydrogen) atoms. The maximum Gasteiger partial charge on any atom is 0.339 e. The van der Waals surface area contributed by atoms with Crippen molar-refractivity contribution >= 4 is 5.97 Å². The minimum absolute atomic E-state index is 0.194. The van der Waals surface area contributed by atoms with E-state index in [1.54, 1.807) is 6.92 Å². The van der Waals surface area contributed by atoms with E-state index >= 15 is 0 Å². The summed E-state index contributed by atoms with van der Waals surface area (Å²) in [7, 11) is 0. The molecule has 0 aromatic rings. The Morgan fingerprint density at radius 2 is 2.00 bits per heavy atom. The molecule has 0 fully saturated rings. The lowest BCUT2D eigenvalue weighted by molar-refractivity contribution is -0.133. The first-order valence-electron chi connectivity index (χ1n) is 4.77. The van der Waals surface area contributed by atoms with Crippen molar-refractivity contribution in [2.45, 2.75) is 40.0 Å². The molecule has 1 aliphatic heterocycles. The Morgan fingerprint density at radius 3 is 2.46 bits per heavy atom. The Bertz CT molecular complexity index is 272. The second-order valence-electron chi connectivity index (χ2n) is 3.35. The molecular formula is C11H16O2. The van der Waals surface area contributed by atoms with E-state index in [4.69, 9.17) is 4.74 Å². The first kappa shape index (κ1) is 10.0. The van der Waals surface area contributed by atoms with Crippen LogP contribution in [-0.2, 0) is 9.53 Å². The van der Waals surface area contributed by atoms with Crippen LogP contribution in [0.15, 0.2) is 23.0 Å². The van der Waals surface area contributed by atoms with Gasteiger partial charge in [-0.25, -0.2) is 4.79 Å². The molecule has 0 bridgehead atoms. The van der Waals surface area contributed by atoms with Gasteiger partial charge in [0.1, 0.15) is 5.76 Å². The first-order valence-corrected chi connectivity index (χ1v) is 4.77. The molecule has 2 heteroatoms. The topological polar surface area (TPSA) is 26.3 Å². The van der Waals surface area contributed by atoms with Gasteiger partial charge in [-0.15, -0.1) is 0 Å². The molecule has 0 atom stereocenters. The van der Waals surface area contributed by atoms with Gasteiger partial charge in [0.2, 0.25) is 0 Å². The van der Waals surface area contributed by atoms with Crippen molar-refractivity contribution in [2.75, 3.05) is 0 Å². The highest BCUT2D eigenvalue weighted by Gasteiger charge is 2.22. The maximum absolute atomic E-state index is 11.1. The van der Waals surface area contributed by atoms with Crippen molar-refractivity contribution in [1.82, 2.24) is 0 Å². The van der Waals surface area contributed by atoms with Crippen LogP contribution in [0, 0.1) is 0 Å². The van der Waals surface area contributed by atoms with Crippen LogP contribution in [-0.4, -0.2) is 5.97 Å². The molecule has 0 radical (unpaired) electrons. The average molecular weight is 180 g/mol. The van der Waals surface area contributed by atoms with Crippen molar-refractivity contribution in [3.05, 3.63) is 23.0 Å². The zero-order valence-electron chi connectivity index (χ0n) is 8.52. The number of unbranched alkanes of at least 4 members (excludes halogenated alkanes) is 2. The molecule has 0 unspecified atom stereocenters. The van der Waals surface area contributed by atoms with Gasteiger partial charge in [-0.1, -0.05) is 13.3 Å². The lowest BCUT2D eigenvalue weighted by Gasteiger charge is -1.98. The minimum Gasteiger partial charge on any atom is -0.423 e. The molecule has 0 aromatic carbocycles. The van der Waals surface area contributed by atoms with Gasteiger partial charge in [0.05, 0.1) is 0 Å². The van der Waals surface area contributed by atoms with E-state index in [0.717, 1.165) is 29.7 Å². The highest BCUT2D eigenvalue weighted by Crippen LogP contribution is 2.25. The standard InChI is InChI=1S/C11H16O2/c1-4-5-6-7-10-8(2)9(3)11(12)13-10/h7H,4-6H2,1-3H3. The van der Waals surface area contributed by atoms with Gasteiger partial charge >= 0.3 is 5.97 Å². The molecule has 2 nitrogen and oxygen atoms in total. The van der Waals surface area contributed by atoms with Gasteiger partial charge in [-0.2, -0.15) is 0 Å². The third-order valence-corrected chi connectivity index (χ3v) is 2.33. The summed E-state index contributed by atoms with van der Waals surface area (Å²) < 4.78 is 5.08. The number of cyclic esters (lactones) is 1. The van der Waals surface area contributed by atoms with E-state index < -0.39 is 0 Å². The predicted octanol–water partition coefficient (Wildman–Crippen LogP) is 2.95. The Kier molecular flexibility index (Phi) is 3.29. The normalized spacial score (nSPS) is 19.9. The minimum atomic E-state index is -0.194. The van der Waals surface area contributed by atoms with Crippen molar-refractivity contribution < 1.29 is 9.53 Å². The largest absolute Gasteiger partial charge is 0.423 e. The summed E-state index contributed by atoms with van der Waals surface area (Å²) in [6.07, 6.45) is 5.31. The van der Waals surface area contributed by atoms with Crippen LogP contribution < -0.4 is 0 Å². The molecule has 72 valence electrons. The molecular weight excluding hydrogens is 164 g/mol. The fourth-order valence-corrected chi connectivity index (χ4v) is 1.22. The maximum atomic E-state index is 11.1. The van der Waals surface area contributed by atoms with Crippen LogP contribution in [0.1, 0.15) is 40.0 Å². The Balaban J connectivity index is 2.64. The molecule has 1 heterocycles. The number of hydrogen-bond donors (Lipinski definition) is 0. The molecule has 0 saturated carbocycles. The number of esters is 1. The number of carbonyl (C=O) groups excluding carboxylic acids is 1. The van der Waals surface area contributed by atoms with Crippen LogP contribution >= 0.6 is 0 Å². The summed E-state index contributed by atoms with van der Waals surface area (Å²) in [5.41, 5.74) is 1.73. The summed E-state index contributed by atoms with van der Waals surface area (Å²) in [4.78, 5) is 11.1. The van der Waals surface area contributed by atoms with Gasteiger partial charge in [0, 0.05) is 11.1 Å². The third-order valence-electron chi connectivity index (χ3n) is 2.33. The number of allylic oxidation sites excluding steroid dienone is 2. The van der Waals surface area contributed by atoms with Gasteiger partial charge in [0.25, 0.3) is 0 Å². The van der Waals surface area contributed by atoms with Gasteiger partial charge < -0.3 is 4.74 Å². The highest BCUT2D eigenvalue weighted by atomic mass is 16.5. The van der Waals surface area contributed by atoms with E-state index in [9.17, 15) is 4.79 Å². The van der Waals surface area contributed by atoms with Crippen LogP contribution in [0.2, 0.25) is 0 Å². The molecule has 1 aliphatic rings. The zero-order valence-corrected chi connectivity index (χ0v) is 8.52. The average Bonchev–Trinajstić information content (AvgIpc) is 2.34. The molecule has 0 amide bonds. The molecule has 1 rings (SSSR count). The molecule has 0 aromatic heterocycles. The smallest absolute Gasteiger partial charge is 0.339 e. The summed E-state index contributed by atoms with van der Waals surface area (Å²) in [6, 6.07) is 0. The lowest BCUT2D eigenvalue weighted by Crippen LogP contribution is -1.94. The van der Waals surface area contributed by atoms with Gasteiger partial charge in [0.15, 0.2) is 0 Å². The fraction of sp³-hybridized carbons (Fsp3) is 0.545. The number of carbonyl (C=O) groups is 1. The lowest BCUT2D eigenvalue weighted by atomic mass is 10.1. The molecule has 0 aliphatic carbocycles. The van der Waals surface area contributed by atoms with Crippen molar-refractivity contribution in [2.24, 2.45) is 0 Å². The van der Waals surface area contributed by atoms with E-state index in [1.807, 2.05) is 13.0 Å². The molecule has 0 saturated heterocycles. The monoisotopic (exact) mass is 180 g/mol. The summed E-state index contributed by atoms with van der Waals surface area (Å²) >= 11 is 0. The molecule has 0 N–H and O–H groups in total. The van der Waals surface area contributed by atoms with Crippen molar-refractivity contribution in [3.8, 4) is 0 Å². The summed E-state index contributed by atoms with van der Waals surface area (Å²) in [6.45, 7) is 5.88. The quantitative estimate of drug-likeness (QED) is 0.493. The van der Waals surface area contributed by atoms with E-state index in [2.05, 4.69) is 6.92 Å². The number of rotatable bonds is 3. The van der Waals surface area contributed by atoms with Crippen molar-refractivity contribution in [1.29, 1.82) is 0 Å². The van der Waals surface area contributed by atoms with Gasteiger partial charge in [-0.3, -0.25) is 0 Å². The van der Waals surface area contributed by atoms with Crippen LogP contribution in [0.5, 0.6) is 0 Å². The SMILES string of the molecule is CCCCC=C1OC(=O)C(C)=C1C. The fourth-order valence-electron chi connectivity index (χ4n) is 1.22.